The maximum absolute atomic E-state index is 10.6. The van der Waals surface area contributed by atoms with Crippen LogP contribution in [0.25, 0.3) is 0 Å². The number of hydrogen-bond acceptors (Lipinski definition) is 2. The summed E-state index contributed by atoms with van der Waals surface area (Å²) in [7, 11) is 0. The molecule has 0 radical (unpaired) electrons. The molecule has 0 saturated carbocycles. The molecule has 0 unspecified atom stereocenters. The quantitative estimate of drug-likeness (QED) is 0.781. The summed E-state index contributed by atoms with van der Waals surface area (Å²) in [6, 6.07) is 9.59. The van der Waals surface area contributed by atoms with Gasteiger partial charge < -0.3 is 5.32 Å². The Morgan fingerprint density at radius 1 is 1.29 bits per heavy atom. The third kappa shape index (κ3) is 1.95. The van der Waals surface area contributed by atoms with Crippen LogP contribution in [0.3, 0.4) is 0 Å². The highest BCUT2D eigenvalue weighted by atomic mass is 16.1. The van der Waals surface area contributed by atoms with Crippen LogP contribution in [-0.4, -0.2) is 30.4 Å². The topological polar surface area (TPSA) is 32.3 Å². The maximum Gasteiger partial charge on any atom is 0.207 e. The lowest BCUT2D eigenvalue weighted by molar-refractivity contribution is -0.110. The van der Waals surface area contributed by atoms with Gasteiger partial charge in [0.05, 0.1) is 0 Å². The summed E-state index contributed by atoms with van der Waals surface area (Å²) in [5.74, 6) is 0. The van der Waals surface area contributed by atoms with Crippen LogP contribution in [0.2, 0.25) is 0 Å². The van der Waals surface area contributed by atoms with Crippen LogP contribution in [0.15, 0.2) is 24.3 Å². The molecule has 2 aliphatic rings. The van der Waals surface area contributed by atoms with Crippen molar-refractivity contribution in [2.24, 2.45) is 0 Å². The van der Waals surface area contributed by atoms with Gasteiger partial charge >= 0.3 is 0 Å². The lowest BCUT2D eigenvalue weighted by Crippen LogP contribution is -2.46. The van der Waals surface area contributed by atoms with Crippen molar-refractivity contribution in [3.63, 3.8) is 0 Å². The first-order valence-electron chi connectivity index (χ1n) is 6.40. The summed E-state index contributed by atoms with van der Waals surface area (Å²) in [5, 5.41) is 2.94. The number of benzene rings is 1. The standard InChI is InChI=1S/C14H18N2O/c17-10-15-12-6-8-16-7-5-11-3-1-2-4-13(11)14(16)9-12/h1-4,10,12,14H,5-9H2,(H,15,17)/t12-,14+/m0/s1. The molecule has 1 N–H and O–H groups in total. The molecule has 1 aromatic rings. The first kappa shape index (κ1) is 10.8. The molecule has 3 nitrogen and oxygen atoms in total. The summed E-state index contributed by atoms with van der Waals surface area (Å²) in [4.78, 5) is 13.1. The second-order valence-electron chi connectivity index (χ2n) is 5.01. The van der Waals surface area contributed by atoms with Crippen molar-refractivity contribution in [2.75, 3.05) is 13.1 Å². The summed E-state index contributed by atoms with van der Waals surface area (Å²) in [6.45, 7) is 2.26. The van der Waals surface area contributed by atoms with Crippen molar-refractivity contribution < 1.29 is 4.79 Å². The number of piperidine rings is 1. The van der Waals surface area contributed by atoms with Crippen molar-refractivity contribution in [3.8, 4) is 0 Å². The van der Waals surface area contributed by atoms with E-state index >= 15 is 0 Å². The largest absolute Gasteiger partial charge is 0.356 e. The Morgan fingerprint density at radius 2 is 2.18 bits per heavy atom. The molecule has 3 rings (SSSR count). The number of fused-ring (bicyclic) bond motifs is 3. The SMILES string of the molecule is O=CN[C@H]1CCN2CCc3ccccc3[C@H]2C1. The summed E-state index contributed by atoms with van der Waals surface area (Å²) in [6.07, 6.45) is 4.14. The molecule has 1 saturated heterocycles. The lowest BCUT2D eigenvalue weighted by Gasteiger charge is -2.43. The fourth-order valence-electron chi connectivity index (χ4n) is 3.20. The van der Waals surface area contributed by atoms with Crippen LogP contribution in [0.5, 0.6) is 0 Å². The number of carbonyl (C=O) groups is 1. The van der Waals surface area contributed by atoms with Gasteiger partial charge in [0.1, 0.15) is 0 Å². The predicted octanol–water partition coefficient (Wildman–Crippen LogP) is 1.49. The van der Waals surface area contributed by atoms with E-state index in [0.29, 0.717) is 12.1 Å². The average molecular weight is 230 g/mol. The molecule has 90 valence electrons. The van der Waals surface area contributed by atoms with Crippen LogP contribution in [0.4, 0.5) is 0 Å². The summed E-state index contributed by atoms with van der Waals surface area (Å²) >= 11 is 0. The van der Waals surface area contributed by atoms with Crippen molar-refractivity contribution in [3.05, 3.63) is 35.4 Å². The number of amides is 1. The fourth-order valence-corrected chi connectivity index (χ4v) is 3.20. The van der Waals surface area contributed by atoms with Gasteiger partial charge in [0.15, 0.2) is 0 Å². The van der Waals surface area contributed by atoms with Crippen LogP contribution in [-0.2, 0) is 11.2 Å². The van der Waals surface area contributed by atoms with Gasteiger partial charge in [0.25, 0.3) is 0 Å². The molecule has 0 bridgehead atoms. The van der Waals surface area contributed by atoms with E-state index in [0.717, 1.165) is 32.3 Å². The van der Waals surface area contributed by atoms with Gasteiger partial charge in [0, 0.05) is 25.2 Å². The van der Waals surface area contributed by atoms with Gasteiger partial charge in [0.2, 0.25) is 6.41 Å². The highest BCUT2D eigenvalue weighted by molar-refractivity contribution is 5.46. The van der Waals surface area contributed by atoms with E-state index in [4.69, 9.17) is 0 Å². The molecule has 2 heterocycles. The Labute approximate surface area is 102 Å². The summed E-state index contributed by atoms with van der Waals surface area (Å²) < 4.78 is 0. The Bertz CT molecular complexity index is 418. The number of carbonyl (C=O) groups excluding carboxylic acids is 1. The van der Waals surface area contributed by atoms with Gasteiger partial charge in [-0.3, -0.25) is 9.69 Å². The van der Waals surface area contributed by atoms with Crippen LogP contribution >= 0.6 is 0 Å². The minimum Gasteiger partial charge on any atom is -0.356 e. The molecule has 17 heavy (non-hydrogen) atoms. The minimum absolute atomic E-state index is 0.347. The third-order valence-corrected chi connectivity index (χ3v) is 4.10. The Balaban J connectivity index is 1.85. The zero-order chi connectivity index (χ0) is 11.7. The minimum atomic E-state index is 0.347. The molecule has 1 aromatic carbocycles. The highest BCUT2D eigenvalue weighted by Gasteiger charge is 2.32. The highest BCUT2D eigenvalue weighted by Crippen LogP contribution is 2.36. The van der Waals surface area contributed by atoms with Gasteiger partial charge in [-0.2, -0.15) is 0 Å². The Morgan fingerprint density at radius 3 is 3.06 bits per heavy atom. The number of rotatable bonds is 2. The van der Waals surface area contributed by atoms with E-state index in [1.54, 1.807) is 0 Å². The Kier molecular flexibility index (Phi) is 2.85. The second-order valence-corrected chi connectivity index (χ2v) is 5.01. The molecule has 2 aliphatic heterocycles. The zero-order valence-corrected chi connectivity index (χ0v) is 9.93. The van der Waals surface area contributed by atoms with Crippen molar-refractivity contribution in [1.29, 1.82) is 0 Å². The normalized spacial score (nSPS) is 28.0. The van der Waals surface area contributed by atoms with Crippen molar-refractivity contribution in [2.45, 2.75) is 31.3 Å². The molecular weight excluding hydrogens is 212 g/mol. The van der Waals surface area contributed by atoms with Crippen molar-refractivity contribution in [1.82, 2.24) is 10.2 Å². The first-order chi connectivity index (χ1) is 8.38. The van der Waals surface area contributed by atoms with E-state index < -0.39 is 0 Å². The number of hydrogen-bond donors (Lipinski definition) is 1. The van der Waals surface area contributed by atoms with E-state index in [9.17, 15) is 4.79 Å². The van der Waals surface area contributed by atoms with Crippen LogP contribution in [0, 0.1) is 0 Å². The van der Waals surface area contributed by atoms with Crippen LogP contribution < -0.4 is 5.32 Å². The number of nitrogens with one attached hydrogen (secondary N) is 1. The molecule has 0 spiro atoms. The van der Waals surface area contributed by atoms with Gasteiger partial charge in [-0.15, -0.1) is 0 Å². The molecule has 3 heteroatoms. The molecule has 1 amide bonds. The molecule has 0 aromatic heterocycles. The monoisotopic (exact) mass is 230 g/mol. The van der Waals surface area contributed by atoms with Gasteiger partial charge in [-0.25, -0.2) is 0 Å². The predicted molar refractivity (Wildman–Crippen MR) is 66.7 cm³/mol. The van der Waals surface area contributed by atoms with E-state index in [1.807, 2.05) is 0 Å². The second kappa shape index (κ2) is 4.49. The summed E-state index contributed by atoms with van der Waals surface area (Å²) in [5.41, 5.74) is 2.96. The van der Waals surface area contributed by atoms with Crippen molar-refractivity contribution >= 4 is 6.41 Å². The zero-order valence-electron chi connectivity index (χ0n) is 9.93. The van der Waals surface area contributed by atoms with E-state index in [2.05, 4.69) is 34.5 Å². The number of nitrogens with zero attached hydrogens (tertiary/aromatic N) is 1. The smallest absolute Gasteiger partial charge is 0.207 e. The molecule has 2 atom stereocenters. The lowest BCUT2D eigenvalue weighted by atomic mass is 9.85. The first-order valence-corrected chi connectivity index (χ1v) is 6.40. The molecule has 1 fully saturated rings. The van der Waals surface area contributed by atoms with E-state index in [1.165, 1.54) is 17.5 Å². The van der Waals surface area contributed by atoms with Crippen LogP contribution in [0.1, 0.15) is 30.0 Å². The van der Waals surface area contributed by atoms with Gasteiger partial charge in [-0.1, -0.05) is 24.3 Å². The van der Waals surface area contributed by atoms with Gasteiger partial charge in [-0.05, 0) is 30.4 Å². The average Bonchev–Trinajstić information content (AvgIpc) is 2.39. The molecular formula is C14H18N2O. The molecule has 0 aliphatic carbocycles. The third-order valence-electron chi connectivity index (χ3n) is 4.10. The fraction of sp³-hybridized carbons (Fsp3) is 0.500. The van der Waals surface area contributed by atoms with E-state index in [-0.39, 0.29) is 0 Å². The maximum atomic E-state index is 10.6. The Hall–Kier alpha value is -1.35.